The number of aromatic nitrogens is 2. The molecule has 7 nitrogen and oxygen atoms in total. The topological polar surface area (TPSA) is 98.0 Å². The highest BCUT2D eigenvalue weighted by Crippen LogP contribution is 2.23. The number of non-ortho nitro benzene ring substituents is 1. The fourth-order valence-electron chi connectivity index (χ4n) is 2.27. The van der Waals surface area contributed by atoms with Gasteiger partial charge in [-0.05, 0) is 36.8 Å². The van der Waals surface area contributed by atoms with Crippen molar-refractivity contribution < 1.29 is 9.72 Å². The molecule has 136 valence electrons. The molecule has 27 heavy (non-hydrogen) atoms. The fourth-order valence-corrected chi connectivity index (χ4v) is 3.03. The number of anilines is 1. The van der Waals surface area contributed by atoms with Gasteiger partial charge in [-0.3, -0.25) is 14.9 Å². The lowest BCUT2D eigenvalue weighted by atomic mass is 10.1. The summed E-state index contributed by atoms with van der Waals surface area (Å²) < 4.78 is 0. The molecule has 0 aliphatic rings. The number of nitrogens with zero attached hydrogens (tertiary/aromatic N) is 3. The Hall–Kier alpha value is -3.26. The standard InChI is InChI=1S/C19H16N4O3S/c1-13-5-7-15(8-6-13)19(24)20-17-9-10-18(22-21-17)27-12-14-3-2-4-16(11-14)23(25)26/h2-11H,12H2,1H3,(H,20,21,24). The lowest BCUT2D eigenvalue weighted by molar-refractivity contribution is -0.384. The van der Waals surface area contributed by atoms with E-state index >= 15 is 0 Å². The molecule has 0 atom stereocenters. The molecule has 3 aromatic rings. The normalized spacial score (nSPS) is 10.4. The van der Waals surface area contributed by atoms with Crippen molar-refractivity contribution in [2.24, 2.45) is 0 Å². The first-order valence-corrected chi connectivity index (χ1v) is 9.08. The number of carbonyl (C=O) groups is 1. The van der Waals surface area contributed by atoms with Crippen molar-refractivity contribution in [2.75, 3.05) is 5.32 Å². The number of amides is 1. The molecule has 1 amide bonds. The maximum atomic E-state index is 12.2. The minimum atomic E-state index is -0.417. The number of aryl methyl sites for hydroxylation is 1. The third-order valence-electron chi connectivity index (χ3n) is 3.70. The second-order valence-electron chi connectivity index (χ2n) is 5.79. The SMILES string of the molecule is Cc1ccc(C(=O)Nc2ccc(SCc3cccc([N+](=O)[O-])c3)nn2)cc1. The van der Waals surface area contributed by atoms with E-state index in [2.05, 4.69) is 15.5 Å². The monoisotopic (exact) mass is 380 g/mol. The molecular formula is C19H16N4O3S. The molecule has 0 radical (unpaired) electrons. The van der Waals surface area contributed by atoms with Crippen LogP contribution in [-0.4, -0.2) is 21.0 Å². The number of hydrogen-bond donors (Lipinski definition) is 1. The Balaban J connectivity index is 1.58. The van der Waals surface area contributed by atoms with Gasteiger partial charge in [0.2, 0.25) is 0 Å². The van der Waals surface area contributed by atoms with Crippen molar-refractivity contribution in [3.05, 3.63) is 87.5 Å². The molecule has 0 fully saturated rings. The molecule has 0 aliphatic carbocycles. The van der Waals surface area contributed by atoms with Crippen LogP contribution >= 0.6 is 11.8 Å². The zero-order valence-corrected chi connectivity index (χ0v) is 15.3. The van der Waals surface area contributed by atoms with Gasteiger partial charge >= 0.3 is 0 Å². The molecule has 0 spiro atoms. The molecule has 1 aromatic heterocycles. The van der Waals surface area contributed by atoms with Crippen LogP contribution in [0.3, 0.4) is 0 Å². The van der Waals surface area contributed by atoms with Crippen molar-refractivity contribution >= 4 is 29.2 Å². The van der Waals surface area contributed by atoms with Crippen molar-refractivity contribution in [2.45, 2.75) is 17.7 Å². The van der Waals surface area contributed by atoms with E-state index in [1.54, 1.807) is 30.3 Å². The molecule has 3 rings (SSSR count). The largest absolute Gasteiger partial charge is 0.305 e. The molecule has 8 heteroatoms. The zero-order chi connectivity index (χ0) is 19.2. The molecule has 0 saturated carbocycles. The van der Waals surface area contributed by atoms with Gasteiger partial charge in [-0.25, -0.2) is 0 Å². The van der Waals surface area contributed by atoms with Crippen molar-refractivity contribution in [1.82, 2.24) is 10.2 Å². The van der Waals surface area contributed by atoms with Gasteiger partial charge in [-0.1, -0.05) is 41.6 Å². The highest BCUT2D eigenvalue weighted by atomic mass is 32.2. The Bertz CT molecular complexity index is 959. The van der Waals surface area contributed by atoms with Crippen molar-refractivity contribution in [1.29, 1.82) is 0 Å². The highest BCUT2D eigenvalue weighted by molar-refractivity contribution is 7.98. The predicted octanol–water partition coefficient (Wildman–Crippen LogP) is 4.24. The van der Waals surface area contributed by atoms with Crippen LogP contribution in [0.1, 0.15) is 21.5 Å². The molecule has 1 N–H and O–H groups in total. The average Bonchev–Trinajstić information content (AvgIpc) is 2.68. The Morgan fingerprint density at radius 2 is 1.89 bits per heavy atom. The minimum Gasteiger partial charge on any atom is -0.305 e. The zero-order valence-electron chi connectivity index (χ0n) is 14.5. The van der Waals surface area contributed by atoms with E-state index in [1.165, 1.54) is 23.9 Å². The third-order valence-corrected chi connectivity index (χ3v) is 4.69. The first-order chi connectivity index (χ1) is 13.0. The van der Waals surface area contributed by atoms with E-state index < -0.39 is 4.92 Å². The molecule has 0 unspecified atom stereocenters. The summed E-state index contributed by atoms with van der Waals surface area (Å²) in [6, 6.07) is 17.1. The molecule has 0 saturated heterocycles. The first kappa shape index (κ1) is 18.5. The van der Waals surface area contributed by atoms with Crippen LogP contribution in [-0.2, 0) is 5.75 Å². The van der Waals surface area contributed by atoms with Crippen LogP contribution in [0.4, 0.5) is 11.5 Å². The summed E-state index contributed by atoms with van der Waals surface area (Å²) in [5.74, 6) is 0.646. The maximum absolute atomic E-state index is 12.2. The Kier molecular flexibility index (Phi) is 5.77. The number of carbonyl (C=O) groups excluding carboxylic acids is 1. The average molecular weight is 380 g/mol. The number of benzene rings is 2. The van der Waals surface area contributed by atoms with Gasteiger partial charge in [0.25, 0.3) is 11.6 Å². The summed E-state index contributed by atoms with van der Waals surface area (Å²) in [6.45, 7) is 1.96. The number of thioether (sulfide) groups is 1. The lowest BCUT2D eigenvalue weighted by Crippen LogP contribution is -2.13. The summed E-state index contributed by atoms with van der Waals surface area (Å²) in [6.07, 6.45) is 0. The summed E-state index contributed by atoms with van der Waals surface area (Å²) in [5.41, 5.74) is 2.52. The van der Waals surface area contributed by atoms with Crippen LogP contribution in [0.15, 0.2) is 65.7 Å². The van der Waals surface area contributed by atoms with E-state index in [0.717, 1.165) is 11.1 Å². The van der Waals surface area contributed by atoms with Gasteiger partial charge in [0, 0.05) is 23.4 Å². The highest BCUT2D eigenvalue weighted by Gasteiger charge is 2.09. The predicted molar refractivity (Wildman–Crippen MR) is 104 cm³/mol. The Morgan fingerprint density at radius 3 is 2.56 bits per heavy atom. The van der Waals surface area contributed by atoms with E-state index in [0.29, 0.717) is 22.2 Å². The van der Waals surface area contributed by atoms with Crippen LogP contribution in [0.25, 0.3) is 0 Å². The van der Waals surface area contributed by atoms with Crippen molar-refractivity contribution in [3.8, 4) is 0 Å². The third kappa shape index (κ3) is 5.11. The Labute approximate surface area is 160 Å². The molecule has 0 bridgehead atoms. The van der Waals surface area contributed by atoms with Crippen LogP contribution in [0.2, 0.25) is 0 Å². The smallest absolute Gasteiger partial charge is 0.269 e. The number of nitrogens with one attached hydrogen (secondary N) is 1. The number of nitro benzene ring substituents is 1. The summed E-state index contributed by atoms with van der Waals surface area (Å²) in [4.78, 5) is 22.6. The maximum Gasteiger partial charge on any atom is 0.269 e. The summed E-state index contributed by atoms with van der Waals surface area (Å²) in [5, 5.41) is 22.3. The fraction of sp³-hybridized carbons (Fsp3) is 0.105. The van der Waals surface area contributed by atoms with Gasteiger partial charge in [-0.15, -0.1) is 10.2 Å². The number of nitro groups is 1. The Morgan fingerprint density at radius 1 is 1.11 bits per heavy atom. The van der Waals surface area contributed by atoms with E-state index in [9.17, 15) is 14.9 Å². The van der Waals surface area contributed by atoms with Crippen LogP contribution < -0.4 is 5.32 Å². The molecule has 1 heterocycles. The quantitative estimate of drug-likeness (QED) is 0.390. The van der Waals surface area contributed by atoms with Gasteiger partial charge in [0.05, 0.1) is 4.92 Å². The minimum absolute atomic E-state index is 0.0633. The van der Waals surface area contributed by atoms with Crippen LogP contribution in [0, 0.1) is 17.0 Å². The van der Waals surface area contributed by atoms with Gasteiger partial charge in [0.15, 0.2) is 5.82 Å². The van der Waals surface area contributed by atoms with Crippen LogP contribution in [0.5, 0.6) is 0 Å². The molecule has 2 aromatic carbocycles. The van der Waals surface area contributed by atoms with E-state index in [4.69, 9.17) is 0 Å². The molecule has 0 aliphatic heterocycles. The second-order valence-corrected chi connectivity index (χ2v) is 6.79. The number of hydrogen-bond acceptors (Lipinski definition) is 6. The lowest BCUT2D eigenvalue weighted by Gasteiger charge is -2.05. The van der Waals surface area contributed by atoms with E-state index in [-0.39, 0.29) is 11.6 Å². The van der Waals surface area contributed by atoms with Gasteiger partial charge < -0.3 is 5.32 Å². The second kappa shape index (κ2) is 8.41. The first-order valence-electron chi connectivity index (χ1n) is 8.09. The van der Waals surface area contributed by atoms with E-state index in [1.807, 2.05) is 25.1 Å². The summed E-state index contributed by atoms with van der Waals surface area (Å²) in [7, 11) is 0. The summed E-state index contributed by atoms with van der Waals surface area (Å²) >= 11 is 1.41. The molecular weight excluding hydrogens is 364 g/mol. The van der Waals surface area contributed by atoms with Gasteiger partial charge in [0.1, 0.15) is 5.03 Å². The van der Waals surface area contributed by atoms with Gasteiger partial charge in [-0.2, -0.15) is 0 Å². The van der Waals surface area contributed by atoms with Crippen molar-refractivity contribution in [3.63, 3.8) is 0 Å². The number of rotatable bonds is 6.